The molecule has 0 fully saturated rings. The van der Waals surface area contributed by atoms with Gasteiger partial charge < -0.3 is 18.6 Å². The van der Waals surface area contributed by atoms with Crippen LogP contribution >= 0.6 is 0 Å². The second-order valence-corrected chi connectivity index (χ2v) is 18.0. The molecular weight excluding hydrogens is 733 g/mol. The number of nitrogens with zero attached hydrogens (tertiary/aromatic N) is 2. The van der Waals surface area contributed by atoms with Crippen LogP contribution in [0.5, 0.6) is 11.5 Å². The van der Waals surface area contributed by atoms with E-state index in [1.165, 1.54) is 77.2 Å². The van der Waals surface area contributed by atoms with Gasteiger partial charge in [0.15, 0.2) is 0 Å². The lowest BCUT2D eigenvalue weighted by Crippen LogP contribution is -2.38. The summed E-state index contributed by atoms with van der Waals surface area (Å²) >= 11 is 0. The summed E-state index contributed by atoms with van der Waals surface area (Å²) in [6, 6.07) is 57.9. The Balaban J connectivity index is 1.20. The van der Waals surface area contributed by atoms with Crippen molar-refractivity contribution in [2.45, 2.75) is 78.2 Å². The lowest BCUT2D eigenvalue weighted by Gasteiger charge is -2.40. The van der Waals surface area contributed by atoms with Crippen LogP contribution in [0, 0.1) is 5.41 Å². The molecule has 0 spiro atoms. The van der Waals surface area contributed by atoms with Gasteiger partial charge in [0.2, 0.25) is 0 Å². The lowest BCUT2D eigenvalue weighted by molar-refractivity contribution is 0.105. The van der Waals surface area contributed by atoms with Crippen molar-refractivity contribution in [2.24, 2.45) is 5.41 Å². The standard InChI is InChI=1S/C56H54N2O2/c1-7-54(4,5)60-41-30-28-40(29-31-41)59-37-56(36-55(6,8-2)9-3)48-34-38(57-50-22-14-10-18-44(50)45-19-11-15-23-51(45)57)26-32-42(48)43-33-27-39(35-49(43)56)58-52-24-16-12-20-46(52)47-21-13-17-25-53(47)58/h10-35H,7-9,36-37H2,1-6H3. The minimum absolute atomic E-state index is 0.0529. The molecule has 300 valence electrons. The Kier molecular flexibility index (Phi) is 9.17. The molecule has 4 heteroatoms. The van der Waals surface area contributed by atoms with Gasteiger partial charge in [0, 0.05) is 32.9 Å². The van der Waals surface area contributed by atoms with Crippen molar-refractivity contribution in [1.82, 2.24) is 9.13 Å². The van der Waals surface area contributed by atoms with Crippen molar-refractivity contribution in [1.29, 1.82) is 0 Å². The van der Waals surface area contributed by atoms with Crippen LogP contribution in [0.1, 0.15) is 78.4 Å². The van der Waals surface area contributed by atoms with Gasteiger partial charge in [0.05, 0.1) is 27.5 Å². The summed E-state index contributed by atoms with van der Waals surface area (Å²) in [4.78, 5) is 0. The van der Waals surface area contributed by atoms with Crippen molar-refractivity contribution in [3.63, 3.8) is 0 Å². The van der Waals surface area contributed by atoms with E-state index in [2.05, 4.69) is 208 Å². The first kappa shape index (κ1) is 38.0. The van der Waals surface area contributed by atoms with E-state index in [-0.39, 0.29) is 11.0 Å². The highest BCUT2D eigenvalue weighted by Gasteiger charge is 2.48. The number of benzene rings is 7. The SMILES string of the molecule is CCC(C)(CC)CC1(COc2ccc(OC(C)(C)CC)cc2)c2cc(-n3c4ccccc4c4ccccc43)ccc2-c2ccc(-n3c4ccccc4c4ccccc43)cc21. The highest BCUT2D eigenvalue weighted by molar-refractivity contribution is 6.10. The largest absolute Gasteiger partial charge is 0.492 e. The third-order valence-corrected chi connectivity index (χ3v) is 14.0. The topological polar surface area (TPSA) is 28.3 Å². The van der Waals surface area contributed by atoms with Crippen LogP contribution in [0.15, 0.2) is 158 Å². The molecule has 0 amide bonds. The van der Waals surface area contributed by atoms with Gasteiger partial charge in [-0.1, -0.05) is 125 Å². The van der Waals surface area contributed by atoms with Crippen LogP contribution < -0.4 is 9.47 Å². The van der Waals surface area contributed by atoms with Crippen LogP contribution in [-0.2, 0) is 5.41 Å². The van der Waals surface area contributed by atoms with Crippen molar-refractivity contribution >= 4 is 43.6 Å². The number of ether oxygens (including phenoxy) is 2. The lowest BCUT2D eigenvalue weighted by atomic mass is 9.65. The van der Waals surface area contributed by atoms with E-state index >= 15 is 0 Å². The second-order valence-electron chi connectivity index (χ2n) is 18.0. The van der Waals surface area contributed by atoms with Gasteiger partial charge in [-0.05, 0) is 127 Å². The quantitative estimate of drug-likeness (QED) is 0.123. The summed E-state index contributed by atoms with van der Waals surface area (Å²) in [5, 5.41) is 5.06. The van der Waals surface area contributed by atoms with Gasteiger partial charge in [0.1, 0.15) is 23.7 Å². The number of hydrogen-bond acceptors (Lipinski definition) is 2. The summed E-state index contributed by atoms with van der Waals surface area (Å²) in [5.41, 5.74) is 11.8. The fourth-order valence-corrected chi connectivity index (χ4v) is 9.98. The highest BCUT2D eigenvalue weighted by Crippen LogP contribution is 2.56. The van der Waals surface area contributed by atoms with E-state index in [0.717, 1.165) is 37.2 Å². The molecule has 10 rings (SSSR count). The predicted octanol–water partition coefficient (Wildman–Crippen LogP) is 15.0. The summed E-state index contributed by atoms with van der Waals surface area (Å²) in [5.74, 6) is 1.70. The molecule has 7 aromatic carbocycles. The summed E-state index contributed by atoms with van der Waals surface area (Å²) < 4.78 is 18.4. The summed E-state index contributed by atoms with van der Waals surface area (Å²) in [6.07, 6.45) is 3.99. The minimum Gasteiger partial charge on any atom is -0.492 e. The van der Waals surface area contributed by atoms with Gasteiger partial charge in [-0.15, -0.1) is 0 Å². The van der Waals surface area contributed by atoms with E-state index in [0.29, 0.717) is 6.61 Å². The monoisotopic (exact) mass is 786 g/mol. The first-order valence-corrected chi connectivity index (χ1v) is 21.8. The zero-order valence-corrected chi connectivity index (χ0v) is 35.8. The van der Waals surface area contributed by atoms with Crippen LogP contribution in [0.25, 0.3) is 66.1 Å². The van der Waals surface area contributed by atoms with E-state index in [1.807, 2.05) is 0 Å². The molecule has 0 saturated carbocycles. The number of hydrogen-bond donors (Lipinski definition) is 0. The molecule has 4 nitrogen and oxygen atoms in total. The predicted molar refractivity (Wildman–Crippen MR) is 252 cm³/mol. The van der Waals surface area contributed by atoms with Gasteiger partial charge in [0.25, 0.3) is 0 Å². The fraction of sp³-hybridized carbons (Fsp3) is 0.250. The average Bonchev–Trinajstić information content (AvgIpc) is 3.89. The molecule has 0 radical (unpaired) electrons. The first-order chi connectivity index (χ1) is 29.2. The Morgan fingerprint density at radius 1 is 0.467 bits per heavy atom. The Hall–Kier alpha value is -6.26. The average molecular weight is 787 g/mol. The minimum atomic E-state index is -0.464. The van der Waals surface area contributed by atoms with Crippen molar-refractivity contribution in [3.05, 3.63) is 169 Å². The third-order valence-electron chi connectivity index (χ3n) is 14.0. The van der Waals surface area contributed by atoms with Gasteiger partial charge >= 0.3 is 0 Å². The Labute approximate surface area is 354 Å². The number of rotatable bonds is 12. The molecule has 0 saturated heterocycles. The Morgan fingerprint density at radius 2 is 0.867 bits per heavy atom. The number of fused-ring (bicyclic) bond motifs is 9. The molecule has 1 aliphatic carbocycles. The van der Waals surface area contributed by atoms with Crippen molar-refractivity contribution < 1.29 is 9.47 Å². The maximum absolute atomic E-state index is 7.13. The van der Waals surface area contributed by atoms with E-state index in [9.17, 15) is 0 Å². The van der Waals surface area contributed by atoms with Crippen molar-refractivity contribution in [2.75, 3.05) is 6.61 Å². The van der Waals surface area contributed by atoms with Gasteiger partial charge in [-0.25, -0.2) is 0 Å². The summed E-state index contributed by atoms with van der Waals surface area (Å²) in [6.45, 7) is 14.1. The van der Waals surface area contributed by atoms with Crippen LogP contribution in [0.2, 0.25) is 0 Å². The Morgan fingerprint density at radius 3 is 1.27 bits per heavy atom. The van der Waals surface area contributed by atoms with E-state index < -0.39 is 5.41 Å². The molecular formula is C56H54N2O2. The third kappa shape index (κ3) is 6.10. The molecule has 0 unspecified atom stereocenters. The smallest absolute Gasteiger partial charge is 0.120 e. The molecule has 0 atom stereocenters. The zero-order valence-electron chi connectivity index (χ0n) is 35.8. The molecule has 0 bridgehead atoms. The first-order valence-electron chi connectivity index (χ1n) is 21.8. The normalized spacial score (nSPS) is 13.6. The highest BCUT2D eigenvalue weighted by atomic mass is 16.5. The zero-order chi connectivity index (χ0) is 41.2. The van der Waals surface area contributed by atoms with E-state index in [4.69, 9.17) is 9.47 Å². The molecule has 2 aromatic heterocycles. The van der Waals surface area contributed by atoms with Crippen LogP contribution in [0.4, 0.5) is 0 Å². The number of para-hydroxylation sites is 4. The molecule has 0 N–H and O–H groups in total. The molecule has 0 aliphatic heterocycles. The summed E-state index contributed by atoms with van der Waals surface area (Å²) in [7, 11) is 0. The van der Waals surface area contributed by atoms with Crippen molar-refractivity contribution in [3.8, 4) is 34.0 Å². The van der Waals surface area contributed by atoms with Gasteiger partial charge in [-0.2, -0.15) is 0 Å². The van der Waals surface area contributed by atoms with Crippen LogP contribution in [0.3, 0.4) is 0 Å². The van der Waals surface area contributed by atoms with E-state index in [1.54, 1.807) is 0 Å². The number of aromatic nitrogens is 2. The molecule has 60 heavy (non-hydrogen) atoms. The van der Waals surface area contributed by atoms with Gasteiger partial charge in [-0.3, -0.25) is 0 Å². The Bertz CT molecular complexity index is 2780. The molecule has 1 aliphatic rings. The maximum Gasteiger partial charge on any atom is 0.120 e. The molecule has 2 heterocycles. The van der Waals surface area contributed by atoms with Crippen LogP contribution in [-0.4, -0.2) is 21.3 Å². The maximum atomic E-state index is 7.13. The second kappa shape index (κ2) is 14.5. The fourth-order valence-electron chi connectivity index (χ4n) is 9.98. The molecule has 9 aromatic rings.